The molecule has 0 bridgehead atoms. The second kappa shape index (κ2) is 2.74. The van der Waals surface area contributed by atoms with E-state index in [0.717, 1.165) is 6.54 Å². The fourth-order valence-electron chi connectivity index (χ4n) is 1.24. The monoisotopic (exact) mass is 146 g/mol. The van der Waals surface area contributed by atoms with Crippen molar-refractivity contribution in [3.05, 3.63) is 35.9 Å². The Balaban J connectivity index is 2.17. The zero-order valence-electron chi connectivity index (χ0n) is 6.20. The van der Waals surface area contributed by atoms with Crippen LogP contribution in [0.25, 0.3) is 0 Å². The van der Waals surface area contributed by atoms with Crippen LogP contribution < -0.4 is 5.32 Å². The lowest BCUT2D eigenvalue weighted by atomic mass is 10.1. The summed E-state index contributed by atoms with van der Waals surface area (Å²) in [6, 6.07) is 10.8. The standard InChI is InChI=1S/C9H10N2/c1-2-4-8(5-3-1)9-6-10-7-11-9/h1-5,7,9H,6H2,(H,10,11)/t9-/m0/s1. The summed E-state index contributed by atoms with van der Waals surface area (Å²) >= 11 is 0. The van der Waals surface area contributed by atoms with E-state index in [4.69, 9.17) is 0 Å². The summed E-state index contributed by atoms with van der Waals surface area (Å²) in [6.07, 6.45) is 1.78. The molecule has 1 aromatic carbocycles. The summed E-state index contributed by atoms with van der Waals surface area (Å²) in [5.41, 5.74) is 1.31. The van der Waals surface area contributed by atoms with Gasteiger partial charge in [-0.3, -0.25) is 4.99 Å². The van der Waals surface area contributed by atoms with Crippen molar-refractivity contribution in [1.29, 1.82) is 0 Å². The van der Waals surface area contributed by atoms with E-state index >= 15 is 0 Å². The lowest BCUT2D eigenvalue weighted by Crippen LogP contribution is -2.14. The van der Waals surface area contributed by atoms with Crippen LogP contribution in [-0.2, 0) is 0 Å². The van der Waals surface area contributed by atoms with Gasteiger partial charge in [-0.25, -0.2) is 0 Å². The maximum Gasteiger partial charge on any atom is 0.0830 e. The topological polar surface area (TPSA) is 24.4 Å². The van der Waals surface area contributed by atoms with Crippen LogP contribution in [0.3, 0.4) is 0 Å². The largest absolute Gasteiger partial charge is 0.368 e. The van der Waals surface area contributed by atoms with Crippen LogP contribution in [0.5, 0.6) is 0 Å². The molecule has 11 heavy (non-hydrogen) atoms. The van der Waals surface area contributed by atoms with Crippen LogP contribution in [0.2, 0.25) is 0 Å². The van der Waals surface area contributed by atoms with Gasteiger partial charge < -0.3 is 5.32 Å². The molecule has 0 saturated carbocycles. The van der Waals surface area contributed by atoms with Gasteiger partial charge in [-0.1, -0.05) is 30.3 Å². The van der Waals surface area contributed by atoms with Crippen molar-refractivity contribution >= 4 is 6.34 Å². The number of rotatable bonds is 1. The molecule has 2 heteroatoms. The van der Waals surface area contributed by atoms with Crippen molar-refractivity contribution in [1.82, 2.24) is 5.32 Å². The quantitative estimate of drug-likeness (QED) is 0.635. The molecular formula is C9H10N2. The predicted molar refractivity (Wildman–Crippen MR) is 45.7 cm³/mol. The van der Waals surface area contributed by atoms with E-state index in [-0.39, 0.29) is 0 Å². The van der Waals surface area contributed by atoms with Gasteiger partial charge in [-0.15, -0.1) is 0 Å². The summed E-state index contributed by atoms with van der Waals surface area (Å²) in [7, 11) is 0. The molecule has 0 unspecified atom stereocenters. The van der Waals surface area contributed by atoms with E-state index in [1.165, 1.54) is 5.56 Å². The van der Waals surface area contributed by atoms with Gasteiger partial charge in [0.25, 0.3) is 0 Å². The van der Waals surface area contributed by atoms with Gasteiger partial charge in [0.2, 0.25) is 0 Å². The maximum absolute atomic E-state index is 4.11. The highest BCUT2D eigenvalue weighted by Gasteiger charge is 2.10. The molecule has 1 aliphatic rings. The number of nitrogens with one attached hydrogen (secondary N) is 1. The van der Waals surface area contributed by atoms with Crippen molar-refractivity contribution in [2.75, 3.05) is 6.54 Å². The lowest BCUT2D eigenvalue weighted by molar-refractivity contribution is 0.713. The fourth-order valence-corrected chi connectivity index (χ4v) is 1.24. The Morgan fingerprint density at radius 1 is 1.27 bits per heavy atom. The smallest absolute Gasteiger partial charge is 0.0830 e. The zero-order chi connectivity index (χ0) is 7.52. The molecule has 1 heterocycles. The van der Waals surface area contributed by atoms with Crippen molar-refractivity contribution in [3.63, 3.8) is 0 Å². The SMILES string of the molecule is C1=NC[C@@H](c2ccccc2)N1. The summed E-state index contributed by atoms with van der Waals surface area (Å²) in [5, 5.41) is 3.18. The Morgan fingerprint density at radius 3 is 2.73 bits per heavy atom. The predicted octanol–water partition coefficient (Wildman–Crippen LogP) is 1.36. The second-order valence-corrected chi connectivity index (χ2v) is 2.62. The summed E-state index contributed by atoms with van der Waals surface area (Å²) in [6.45, 7) is 0.865. The Bertz CT molecular complexity index is 246. The third-order valence-electron chi connectivity index (χ3n) is 1.86. The molecule has 1 N–H and O–H groups in total. The van der Waals surface area contributed by atoms with E-state index in [9.17, 15) is 0 Å². The van der Waals surface area contributed by atoms with E-state index in [1.54, 1.807) is 6.34 Å². The molecule has 1 aromatic rings. The number of benzene rings is 1. The molecule has 2 rings (SSSR count). The van der Waals surface area contributed by atoms with Gasteiger partial charge in [-0.05, 0) is 5.56 Å². The highest BCUT2D eigenvalue weighted by molar-refractivity contribution is 5.58. The third-order valence-corrected chi connectivity index (χ3v) is 1.86. The minimum absolute atomic E-state index is 0.399. The fraction of sp³-hybridized carbons (Fsp3) is 0.222. The average molecular weight is 146 g/mol. The van der Waals surface area contributed by atoms with Gasteiger partial charge in [0, 0.05) is 0 Å². The first kappa shape index (κ1) is 6.40. The molecule has 1 atom stereocenters. The van der Waals surface area contributed by atoms with E-state index < -0.39 is 0 Å². The summed E-state index contributed by atoms with van der Waals surface area (Å²) < 4.78 is 0. The summed E-state index contributed by atoms with van der Waals surface area (Å²) in [5.74, 6) is 0. The second-order valence-electron chi connectivity index (χ2n) is 2.62. The van der Waals surface area contributed by atoms with Crippen molar-refractivity contribution in [3.8, 4) is 0 Å². The van der Waals surface area contributed by atoms with Gasteiger partial charge in [-0.2, -0.15) is 0 Å². The molecule has 0 aromatic heterocycles. The Morgan fingerprint density at radius 2 is 2.09 bits per heavy atom. The van der Waals surface area contributed by atoms with E-state index in [1.807, 2.05) is 6.07 Å². The van der Waals surface area contributed by atoms with Crippen LogP contribution in [0.4, 0.5) is 0 Å². The molecule has 0 spiro atoms. The number of nitrogens with zero attached hydrogens (tertiary/aromatic N) is 1. The lowest BCUT2D eigenvalue weighted by Gasteiger charge is -2.08. The Kier molecular flexibility index (Phi) is 1.60. The van der Waals surface area contributed by atoms with Crippen LogP contribution in [0, 0.1) is 0 Å². The van der Waals surface area contributed by atoms with Gasteiger partial charge in [0.05, 0.1) is 18.9 Å². The highest BCUT2D eigenvalue weighted by Crippen LogP contribution is 2.13. The van der Waals surface area contributed by atoms with Crippen molar-refractivity contribution in [2.24, 2.45) is 4.99 Å². The summed E-state index contributed by atoms with van der Waals surface area (Å²) in [4.78, 5) is 4.11. The molecule has 0 amide bonds. The minimum atomic E-state index is 0.399. The minimum Gasteiger partial charge on any atom is -0.368 e. The first-order chi connectivity index (χ1) is 5.47. The van der Waals surface area contributed by atoms with Crippen LogP contribution in [-0.4, -0.2) is 12.9 Å². The van der Waals surface area contributed by atoms with E-state index in [2.05, 4.69) is 34.6 Å². The van der Waals surface area contributed by atoms with Crippen molar-refractivity contribution in [2.45, 2.75) is 6.04 Å². The van der Waals surface area contributed by atoms with Gasteiger partial charge in [0.15, 0.2) is 0 Å². The third kappa shape index (κ3) is 1.24. The van der Waals surface area contributed by atoms with Crippen LogP contribution >= 0.6 is 0 Å². The first-order valence-corrected chi connectivity index (χ1v) is 3.76. The molecule has 0 radical (unpaired) electrons. The maximum atomic E-state index is 4.11. The average Bonchev–Trinajstić information content (AvgIpc) is 2.58. The molecule has 0 saturated heterocycles. The Hall–Kier alpha value is -1.31. The molecular weight excluding hydrogens is 136 g/mol. The number of aliphatic imine (C=N–C) groups is 1. The van der Waals surface area contributed by atoms with Crippen LogP contribution in [0.15, 0.2) is 35.3 Å². The molecule has 0 fully saturated rings. The van der Waals surface area contributed by atoms with Gasteiger partial charge in [0.1, 0.15) is 0 Å². The molecule has 1 aliphatic heterocycles. The van der Waals surface area contributed by atoms with Crippen LogP contribution in [0.1, 0.15) is 11.6 Å². The number of hydrogen-bond acceptors (Lipinski definition) is 2. The van der Waals surface area contributed by atoms with Crippen molar-refractivity contribution < 1.29 is 0 Å². The zero-order valence-corrected chi connectivity index (χ0v) is 6.20. The van der Waals surface area contributed by atoms with E-state index in [0.29, 0.717) is 6.04 Å². The van der Waals surface area contributed by atoms with Gasteiger partial charge >= 0.3 is 0 Å². The highest BCUT2D eigenvalue weighted by atomic mass is 15.1. The molecule has 2 nitrogen and oxygen atoms in total. The molecule has 56 valence electrons. The normalized spacial score (nSPS) is 21.6. The first-order valence-electron chi connectivity index (χ1n) is 3.76. The molecule has 0 aliphatic carbocycles. The Labute approximate surface area is 66.0 Å². The number of hydrogen-bond donors (Lipinski definition) is 1.